The first-order chi connectivity index (χ1) is 5.79. The second kappa shape index (κ2) is 2.49. The molecule has 12 heavy (non-hydrogen) atoms. The molecule has 0 radical (unpaired) electrons. The Labute approximate surface area is 68.9 Å². The van der Waals surface area contributed by atoms with E-state index in [0.717, 1.165) is 0 Å². The third-order valence-corrected chi connectivity index (χ3v) is 1.71. The van der Waals surface area contributed by atoms with Crippen molar-refractivity contribution in [3.63, 3.8) is 0 Å². The second-order valence-corrected chi connectivity index (χ2v) is 2.46. The minimum atomic E-state index is -0.433. The van der Waals surface area contributed by atoms with Crippen LogP contribution < -0.4 is 5.06 Å². The van der Waals surface area contributed by atoms with E-state index in [1.165, 1.54) is 0 Å². The Hall–Kier alpha value is -1.55. The van der Waals surface area contributed by atoms with Gasteiger partial charge in [-0.25, -0.2) is 4.79 Å². The van der Waals surface area contributed by atoms with Gasteiger partial charge in [0, 0.05) is 5.69 Å². The van der Waals surface area contributed by atoms with E-state index in [1.807, 2.05) is 0 Å². The van der Waals surface area contributed by atoms with E-state index in [-0.39, 0.29) is 6.73 Å². The Balaban J connectivity index is 2.55. The summed E-state index contributed by atoms with van der Waals surface area (Å²) in [7, 11) is 0. The molecule has 0 bridgehead atoms. The molecule has 0 unspecified atom stereocenters. The van der Waals surface area contributed by atoms with Crippen molar-refractivity contribution in [3.05, 3.63) is 35.0 Å². The molecule has 1 aromatic rings. The third kappa shape index (κ3) is 0.931. The van der Waals surface area contributed by atoms with Crippen LogP contribution >= 0.6 is 0 Å². The molecule has 0 atom stereocenters. The first-order valence-corrected chi connectivity index (χ1v) is 3.50. The monoisotopic (exact) mass is 164 g/mol. The molecule has 0 amide bonds. The average Bonchev–Trinajstić information content (AvgIpc) is 2.12. The minimum Gasteiger partial charge on any atom is -0.756 e. The molecule has 2 rings (SSSR count). The van der Waals surface area contributed by atoms with Gasteiger partial charge >= 0.3 is 5.97 Å². The second-order valence-electron chi connectivity index (χ2n) is 2.46. The van der Waals surface area contributed by atoms with Gasteiger partial charge in [0.1, 0.15) is 0 Å². The molecule has 0 aromatic heterocycles. The number of hydroxylamine groups is 1. The van der Waals surface area contributed by atoms with Crippen LogP contribution in [0, 0.1) is 5.21 Å². The number of anilines is 1. The molecule has 0 fully saturated rings. The number of esters is 1. The number of para-hydroxylation sites is 1. The number of benzene rings is 1. The summed E-state index contributed by atoms with van der Waals surface area (Å²) in [6, 6.07) is 6.58. The SMILES string of the molecule is O=C1OCN([O-])c2ccccc21. The lowest BCUT2D eigenvalue weighted by atomic mass is 10.1. The molecule has 1 aromatic carbocycles. The molecule has 0 N–H and O–H groups in total. The van der Waals surface area contributed by atoms with Crippen molar-refractivity contribution in [1.82, 2.24) is 0 Å². The molecular formula is C8H6NO3-. The van der Waals surface area contributed by atoms with Crippen molar-refractivity contribution in [3.8, 4) is 0 Å². The normalized spacial score (nSPS) is 15.4. The molecule has 0 saturated carbocycles. The smallest absolute Gasteiger partial charge is 0.341 e. The molecule has 0 saturated heterocycles. The van der Waals surface area contributed by atoms with Crippen molar-refractivity contribution < 1.29 is 9.53 Å². The lowest BCUT2D eigenvalue weighted by Crippen LogP contribution is -2.28. The highest BCUT2D eigenvalue weighted by Gasteiger charge is 2.18. The summed E-state index contributed by atoms with van der Waals surface area (Å²) in [6.07, 6.45) is 0. The molecule has 1 aliphatic heterocycles. The van der Waals surface area contributed by atoms with E-state index in [4.69, 9.17) is 0 Å². The fourth-order valence-corrected chi connectivity index (χ4v) is 1.13. The first kappa shape index (κ1) is 7.12. The van der Waals surface area contributed by atoms with Crippen molar-refractivity contribution in [2.45, 2.75) is 0 Å². The summed E-state index contributed by atoms with van der Waals surface area (Å²) < 4.78 is 4.59. The number of ether oxygens (including phenoxy) is 1. The van der Waals surface area contributed by atoms with Crippen LogP contribution in [0.1, 0.15) is 10.4 Å². The van der Waals surface area contributed by atoms with Gasteiger partial charge in [-0.15, -0.1) is 0 Å². The highest BCUT2D eigenvalue weighted by molar-refractivity contribution is 5.97. The number of nitrogens with zero attached hydrogens (tertiary/aromatic N) is 1. The Morgan fingerprint density at radius 2 is 2.17 bits per heavy atom. The van der Waals surface area contributed by atoms with Crippen molar-refractivity contribution in [2.24, 2.45) is 0 Å². The van der Waals surface area contributed by atoms with Gasteiger partial charge in [-0.2, -0.15) is 0 Å². The van der Waals surface area contributed by atoms with Gasteiger partial charge in [-0.3, -0.25) is 0 Å². The number of carbonyl (C=O) groups excluding carboxylic acids is 1. The van der Waals surface area contributed by atoms with Gasteiger partial charge < -0.3 is 15.0 Å². The summed E-state index contributed by atoms with van der Waals surface area (Å²) in [5.74, 6) is -0.433. The van der Waals surface area contributed by atoms with E-state index in [9.17, 15) is 10.0 Å². The van der Waals surface area contributed by atoms with Crippen LogP contribution in [0.4, 0.5) is 5.69 Å². The van der Waals surface area contributed by atoms with Crippen LogP contribution in [0.3, 0.4) is 0 Å². The molecule has 62 valence electrons. The maximum absolute atomic E-state index is 11.1. The number of cyclic esters (lactones) is 1. The van der Waals surface area contributed by atoms with E-state index >= 15 is 0 Å². The predicted molar refractivity (Wildman–Crippen MR) is 42.6 cm³/mol. The molecule has 1 aliphatic rings. The Morgan fingerprint density at radius 1 is 1.42 bits per heavy atom. The van der Waals surface area contributed by atoms with Gasteiger partial charge in [-0.05, 0) is 12.1 Å². The van der Waals surface area contributed by atoms with Crippen LogP contribution in [0.5, 0.6) is 0 Å². The fourth-order valence-electron chi connectivity index (χ4n) is 1.13. The van der Waals surface area contributed by atoms with Crippen LogP contribution in [0.25, 0.3) is 0 Å². The molecular weight excluding hydrogens is 158 g/mol. The maximum atomic E-state index is 11.1. The average molecular weight is 164 g/mol. The summed E-state index contributed by atoms with van der Waals surface area (Å²) >= 11 is 0. The quantitative estimate of drug-likeness (QED) is 0.539. The van der Waals surface area contributed by atoms with Crippen molar-refractivity contribution in [1.29, 1.82) is 0 Å². The largest absolute Gasteiger partial charge is 0.756 e. The maximum Gasteiger partial charge on any atom is 0.341 e. The van der Waals surface area contributed by atoms with Crippen LogP contribution in [0.2, 0.25) is 0 Å². The van der Waals surface area contributed by atoms with E-state index < -0.39 is 5.97 Å². The fraction of sp³-hybridized carbons (Fsp3) is 0.125. The number of carbonyl (C=O) groups is 1. The first-order valence-electron chi connectivity index (χ1n) is 3.50. The van der Waals surface area contributed by atoms with Crippen LogP contribution in [0.15, 0.2) is 24.3 Å². The highest BCUT2D eigenvalue weighted by atomic mass is 16.6. The third-order valence-electron chi connectivity index (χ3n) is 1.71. The lowest BCUT2D eigenvalue weighted by Gasteiger charge is -2.34. The van der Waals surface area contributed by atoms with E-state index in [0.29, 0.717) is 16.3 Å². The zero-order valence-electron chi connectivity index (χ0n) is 6.19. The van der Waals surface area contributed by atoms with Crippen molar-refractivity contribution >= 4 is 11.7 Å². The zero-order chi connectivity index (χ0) is 8.55. The molecule has 4 heteroatoms. The Kier molecular flexibility index (Phi) is 1.48. The Morgan fingerprint density at radius 3 is 2.92 bits per heavy atom. The minimum absolute atomic E-state index is 0.212. The standard InChI is InChI=1S/C8H6NO3/c10-8-6-3-1-2-4-7(6)9(11)5-12-8/h1-4H,5H2/q-1. The van der Waals surface area contributed by atoms with Crippen LogP contribution in [-0.2, 0) is 4.74 Å². The topological polar surface area (TPSA) is 52.6 Å². The van der Waals surface area contributed by atoms with Gasteiger partial charge in [0.25, 0.3) is 0 Å². The van der Waals surface area contributed by atoms with E-state index in [1.54, 1.807) is 24.3 Å². The van der Waals surface area contributed by atoms with E-state index in [2.05, 4.69) is 4.74 Å². The number of fused-ring (bicyclic) bond motifs is 1. The molecule has 0 spiro atoms. The number of hydrogen-bond acceptors (Lipinski definition) is 4. The van der Waals surface area contributed by atoms with Gasteiger partial charge in [0.05, 0.1) is 5.56 Å². The Bertz CT molecular complexity index is 324. The lowest BCUT2D eigenvalue weighted by molar-refractivity contribution is 0.0492. The predicted octanol–water partition coefficient (Wildman–Crippen LogP) is 1.12. The molecule has 1 heterocycles. The number of hydrogen-bond donors (Lipinski definition) is 0. The van der Waals surface area contributed by atoms with Crippen LogP contribution in [-0.4, -0.2) is 12.7 Å². The summed E-state index contributed by atoms with van der Waals surface area (Å²) in [4.78, 5) is 11.0. The zero-order valence-corrected chi connectivity index (χ0v) is 6.19. The summed E-state index contributed by atoms with van der Waals surface area (Å²) in [5.41, 5.74) is 0.715. The summed E-state index contributed by atoms with van der Waals surface area (Å²) in [5, 5.41) is 11.7. The molecule has 4 nitrogen and oxygen atoms in total. The van der Waals surface area contributed by atoms with Gasteiger partial charge in [-0.1, -0.05) is 12.1 Å². The van der Waals surface area contributed by atoms with Gasteiger partial charge in [0.15, 0.2) is 6.73 Å². The van der Waals surface area contributed by atoms with Gasteiger partial charge in [0.2, 0.25) is 0 Å². The highest BCUT2D eigenvalue weighted by Crippen LogP contribution is 2.23. The summed E-state index contributed by atoms with van der Waals surface area (Å²) in [6.45, 7) is -0.212. The number of rotatable bonds is 0. The molecule has 0 aliphatic carbocycles. The van der Waals surface area contributed by atoms with Crippen molar-refractivity contribution in [2.75, 3.05) is 11.8 Å².